The molecule has 0 saturated heterocycles. The fourth-order valence-electron chi connectivity index (χ4n) is 1.57. The van der Waals surface area contributed by atoms with Gasteiger partial charge in [0.05, 0.1) is 16.3 Å². The summed E-state index contributed by atoms with van der Waals surface area (Å²) in [6, 6.07) is 6.91. The first-order valence-electron chi connectivity index (χ1n) is 5.39. The predicted molar refractivity (Wildman–Crippen MR) is 85.6 cm³/mol. The number of hydrogen-bond donors (Lipinski definition) is 2. The molecule has 0 spiro atoms. The number of nitrogens with two attached hydrogens (primary N) is 1. The molecule has 0 aliphatic heterocycles. The van der Waals surface area contributed by atoms with E-state index in [0.717, 1.165) is 6.07 Å². The molecule has 3 N–H and O–H groups in total. The SMILES string of the molecule is Nc1cc(Br)c(NC(=O)c2ccc(F)cc2Cl)c(Br)c1. The molecule has 0 saturated carbocycles. The van der Waals surface area contributed by atoms with E-state index in [1.54, 1.807) is 12.1 Å². The minimum atomic E-state index is -0.499. The van der Waals surface area contributed by atoms with E-state index < -0.39 is 11.7 Å². The van der Waals surface area contributed by atoms with E-state index >= 15 is 0 Å². The van der Waals surface area contributed by atoms with Crippen LogP contribution in [0, 0.1) is 5.82 Å². The molecule has 0 aromatic heterocycles. The van der Waals surface area contributed by atoms with Crippen LogP contribution >= 0.6 is 43.5 Å². The normalized spacial score (nSPS) is 10.4. The molecule has 2 aromatic rings. The van der Waals surface area contributed by atoms with E-state index in [9.17, 15) is 9.18 Å². The Balaban J connectivity index is 2.33. The first-order chi connectivity index (χ1) is 9.38. The molecule has 2 rings (SSSR count). The molecule has 0 radical (unpaired) electrons. The van der Waals surface area contributed by atoms with Crippen molar-refractivity contribution in [3.63, 3.8) is 0 Å². The summed E-state index contributed by atoms with van der Waals surface area (Å²) < 4.78 is 14.2. The monoisotopic (exact) mass is 420 g/mol. The quantitative estimate of drug-likeness (QED) is 0.681. The van der Waals surface area contributed by atoms with Crippen LogP contribution in [0.1, 0.15) is 10.4 Å². The van der Waals surface area contributed by atoms with E-state index in [2.05, 4.69) is 37.2 Å². The minimum Gasteiger partial charge on any atom is -0.399 e. The average Bonchev–Trinajstić information content (AvgIpc) is 2.33. The van der Waals surface area contributed by atoms with E-state index in [1.165, 1.54) is 12.1 Å². The zero-order valence-corrected chi connectivity index (χ0v) is 13.8. The molecule has 1 amide bonds. The lowest BCUT2D eigenvalue weighted by Gasteiger charge is -2.11. The van der Waals surface area contributed by atoms with Crippen LogP contribution in [0.2, 0.25) is 5.02 Å². The Labute approximate surface area is 136 Å². The largest absolute Gasteiger partial charge is 0.399 e. The second-order valence-electron chi connectivity index (χ2n) is 3.94. The molecular formula is C13H8Br2ClFN2O. The maximum absolute atomic E-state index is 13.0. The number of rotatable bonds is 2. The summed E-state index contributed by atoms with van der Waals surface area (Å²) in [6.45, 7) is 0. The first-order valence-corrected chi connectivity index (χ1v) is 7.36. The van der Waals surface area contributed by atoms with Crippen molar-refractivity contribution in [3.05, 3.63) is 55.7 Å². The fraction of sp³-hybridized carbons (Fsp3) is 0. The van der Waals surface area contributed by atoms with Gasteiger partial charge in [-0.05, 0) is 62.2 Å². The van der Waals surface area contributed by atoms with E-state index in [-0.39, 0.29) is 10.6 Å². The summed E-state index contributed by atoms with van der Waals surface area (Å²) in [7, 11) is 0. The highest BCUT2D eigenvalue weighted by Gasteiger charge is 2.15. The number of halogens is 4. The summed E-state index contributed by atoms with van der Waals surface area (Å²) in [5.41, 5.74) is 6.92. The molecule has 0 bridgehead atoms. The van der Waals surface area contributed by atoms with Gasteiger partial charge in [0.25, 0.3) is 5.91 Å². The summed E-state index contributed by atoms with van der Waals surface area (Å²) in [4.78, 5) is 12.1. The average molecular weight is 422 g/mol. The van der Waals surface area contributed by atoms with Crippen LogP contribution in [0.4, 0.5) is 15.8 Å². The van der Waals surface area contributed by atoms with Gasteiger partial charge in [0, 0.05) is 14.6 Å². The van der Waals surface area contributed by atoms with Gasteiger partial charge in [0.1, 0.15) is 5.82 Å². The van der Waals surface area contributed by atoms with Crippen LogP contribution in [0.5, 0.6) is 0 Å². The van der Waals surface area contributed by atoms with Crippen molar-refractivity contribution >= 4 is 60.7 Å². The van der Waals surface area contributed by atoms with Crippen LogP contribution in [0.3, 0.4) is 0 Å². The van der Waals surface area contributed by atoms with Gasteiger partial charge >= 0.3 is 0 Å². The molecule has 0 fully saturated rings. The minimum absolute atomic E-state index is 0.0465. The van der Waals surface area contributed by atoms with Crippen molar-refractivity contribution in [1.29, 1.82) is 0 Å². The number of anilines is 2. The summed E-state index contributed by atoms with van der Waals surface area (Å²) >= 11 is 12.5. The number of nitrogen functional groups attached to an aromatic ring is 1. The van der Waals surface area contributed by atoms with Crippen LogP contribution in [-0.2, 0) is 0 Å². The highest BCUT2D eigenvalue weighted by Crippen LogP contribution is 2.34. The van der Waals surface area contributed by atoms with Gasteiger partial charge in [0.15, 0.2) is 0 Å². The molecule has 7 heteroatoms. The number of amides is 1. The molecule has 104 valence electrons. The molecule has 0 atom stereocenters. The van der Waals surface area contributed by atoms with Crippen LogP contribution in [0.25, 0.3) is 0 Å². The zero-order valence-electron chi connectivity index (χ0n) is 9.88. The van der Waals surface area contributed by atoms with Crippen molar-refractivity contribution in [2.24, 2.45) is 0 Å². The highest BCUT2D eigenvalue weighted by atomic mass is 79.9. The fourth-order valence-corrected chi connectivity index (χ4v) is 3.24. The Bertz CT molecular complexity index is 671. The Hall–Kier alpha value is -1.11. The van der Waals surface area contributed by atoms with Gasteiger partial charge in [-0.1, -0.05) is 11.6 Å². The molecule has 0 heterocycles. The smallest absolute Gasteiger partial charge is 0.257 e. The van der Waals surface area contributed by atoms with Gasteiger partial charge < -0.3 is 11.1 Å². The topological polar surface area (TPSA) is 55.1 Å². The molecule has 0 unspecified atom stereocenters. The molecule has 3 nitrogen and oxygen atoms in total. The second kappa shape index (κ2) is 6.11. The third-order valence-corrected chi connectivity index (χ3v) is 4.04. The zero-order chi connectivity index (χ0) is 14.9. The highest BCUT2D eigenvalue weighted by molar-refractivity contribution is 9.11. The Morgan fingerprint density at radius 3 is 2.35 bits per heavy atom. The molecule has 0 aliphatic carbocycles. The number of carbonyl (C=O) groups is 1. The van der Waals surface area contributed by atoms with Gasteiger partial charge in [-0.25, -0.2) is 4.39 Å². The Morgan fingerprint density at radius 2 is 1.80 bits per heavy atom. The van der Waals surface area contributed by atoms with Crippen molar-refractivity contribution in [2.45, 2.75) is 0 Å². The van der Waals surface area contributed by atoms with Gasteiger partial charge in [0.2, 0.25) is 0 Å². The molecule has 20 heavy (non-hydrogen) atoms. The van der Waals surface area contributed by atoms with E-state index in [0.29, 0.717) is 20.3 Å². The maximum Gasteiger partial charge on any atom is 0.257 e. The lowest BCUT2D eigenvalue weighted by atomic mass is 10.2. The van der Waals surface area contributed by atoms with Gasteiger partial charge in [-0.2, -0.15) is 0 Å². The summed E-state index contributed by atoms with van der Waals surface area (Å²) in [5, 5.41) is 2.73. The lowest BCUT2D eigenvalue weighted by molar-refractivity contribution is 0.102. The molecular weight excluding hydrogens is 414 g/mol. The maximum atomic E-state index is 13.0. The van der Waals surface area contributed by atoms with E-state index in [4.69, 9.17) is 17.3 Å². The standard InChI is InChI=1S/C13H8Br2ClFN2O/c14-9-4-7(18)5-10(15)12(9)19-13(20)8-2-1-6(17)3-11(8)16/h1-5H,18H2,(H,19,20). The number of benzene rings is 2. The van der Waals surface area contributed by atoms with Crippen molar-refractivity contribution in [3.8, 4) is 0 Å². The van der Waals surface area contributed by atoms with Crippen LogP contribution in [0.15, 0.2) is 39.3 Å². The number of hydrogen-bond acceptors (Lipinski definition) is 2. The number of nitrogens with one attached hydrogen (secondary N) is 1. The Kier molecular flexibility index (Phi) is 4.67. The molecule has 0 aliphatic rings. The number of carbonyl (C=O) groups excluding carboxylic acids is 1. The second-order valence-corrected chi connectivity index (χ2v) is 6.05. The van der Waals surface area contributed by atoms with Gasteiger partial charge in [-0.15, -0.1) is 0 Å². The first kappa shape index (κ1) is 15.3. The Morgan fingerprint density at radius 1 is 1.20 bits per heavy atom. The van der Waals surface area contributed by atoms with Crippen molar-refractivity contribution < 1.29 is 9.18 Å². The van der Waals surface area contributed by atoms with Crippen LogP contribution < -0.4 is 11.1 Å². The summed E-state index contributed by atoms with van der Waals surface area (Å²) in [6.07, 6.45) is 0. The predicted octanol–water partition coefficient (Wildman–Crippen LogP) is 4.84. The van der Waals surface area contributed by atoms with E-state index in [1.807, 2.05) is 0 Å². The van der Waals surface area contributed by atoms with Crippen molar-refractivity contribution in [1.82, 2.24) is 0 Å². The van der Waals surface area contributed by atoms with Crippen LogP contribution in [-0.4, -0.2) is 5.91 Å². The summed E-state index contributed by atoms with van der Waals surface area (Å²) in [5.74, 6) is -0.942. The third kappa shape index (κ3) is 3.31. The lowest BCUT2D eigenvalue weighted by Crippen LogP contribution is -2.13. The van der Waals surface area contributed by atoms with Crippen molar-refractivity contribution in [2.75, 3.05) is 11.1 Å². The van der Waals surface area contributed by atoms with Gasteiger partial charge in [-0.3, -0.25) is 4.79 Å². The molecule has 2 aromatic carbocycles. The third-order valence-electron chi connectivity index (χ3n) is 2.48.